The Morgan fingerprint density at radius 3 is 2.62 bits per heavy atom. The van der Waals surface area contributed by atoms with Crippen molar-refractivity contribution >= 4 is 15.9 Å². The normalized spacial score (nSPS) is 24.6. The average Bonchev–Trinajstić information content (AvgIpc) is 2.45. The van der Waals surface area contributed by atoms with E-state index >= 15 is 0 Å². The van der Waals surface area contributed by atoms with Gasteiger partial charge in [-0.3, -0.25) is 0 Å². The molecule has 0 saturated carbocycles. The fourth-order valence-electron chi connectivity index (χ4n) is 1.36. The molecule has 0 heterocycles. The van der Waals surface area contributed by atoms with E-state index in [1.54, 1.807) is 0 Å². The first kappa shape index (κ1) is 11.0. The highest BCUT2D eigenvalue weighted by Gasteiger charge is 2.21. The maximum absolute atomic E-state index is 9.05. The number of halogens is 1. The molecule has 1 rings (SSSR count). The first-order valence-corrected chi connectivity index (χ1v) is 5.22. The zero-order valence-electron chi connectivity index (χ0n) is 8.29. The summed E-state index contributed by atoms with van der Waals surface area (Å²) in [4.78, 5) is 2.15. The average molecular weight is 246 g/mol. The maximum atomic E-state index is 9.05. The number of aliphatic hydroxyl groups excluding tert-OH is 1. The second kappa shape index (κ2) is 4.40. The predicted octanol–water partition coefficient (Wildman–Crippen LogP) is 1.76. The summed E-state index contributed by atoms with van der Waals surface area (Å²) in [6, 6.07) is 0.391. The van der Waals surface area contributed by atoms with Crippen LogP contribution >= 0.6 is 15.9 Å². The van der Waals surface area contributed by atoms with Crippen LogP contribution < -0.4 is 0 Å². The third-order valence-corrected chi connectivity index (χ3v) is 3.58. The van der Waals surface area contributed by atoms with Gasteiger partial charge in [-0.05, 0) is 26.6 Å². The third kappa shape index (κ3) is 2.22. The van der Waals surface area contributed by atoms with Gasteiger partial charge in [-0.1, -0.05) is 28.1 Å². The van der Waals surface area contributed by atoms with Gasteiger partial charge in [0.25, 0.3) is 0 Å². The van der Waals surface area contributed by atoms with Crippen LogP contribution in [-0.4, -0.2) is 36.8 Å². The van der Waals surface area contributed by atoms with E-state index in [-0.39, 0.29) is 12.5 Å². The molecule has 0 aliphatic heterocycles. The Morgan fingerprint density at radius 2 is 2.23 bits per heavy atom. The van der Waals surface area contributed by atoms with E-state index in [1.807, 2.05) is 6.08 Å². The van der Waals surface area contributed by atoms with Crippen molar-refractivity contribution in [1.82, 2.24) is 4.90 Å². The van der Waals surface area contributed by atoms with E-state index < -0.39 is 0 Å². The topological polar surface area (TPSA) is 23.5 Å². The quantitative estimate of drug-likeness (QED) is 0.820. The minimum Gasteiger partial charge on any atom is -0.395 e. The molecular formula is C10H16BrNO. The van der Waals surface area contributed by atoms with Crippen LogP contribution in [0.15, 0.2) is 22.2 Å². The zero-order chi connectivity index (χ0) is 10.0. The van der Waals surface area contributed by atoms with Crippen LogP contribution in [0, 0.1) is 5.92 Å². The van der Waals surface area contributed by atoms with Crippen LogP contribution in [0.3, 0.4) is 0 Å². The summed E-state index contributed by atoms with van der Waals surface area (Å²) in [6.45, 7) is 2.33. The molecule has 0 amide bonds. The van der Waals surface area contributed by atoms with Gasteiger partial charge in [-0.2, -0.15) is 0 Å². The molecule has 0 saturated heterocycles. The highest BCUT2D eigenvalue weighted by Crippen LogP contribution is 2.32. The minimum absolute atomic E-state index is 0.164. The van der Waals surface area contributed by atoms with Gasteiger partial charge in [-0.15, -0.1) is 0 Å². The Morgan fingerprint density at radius 1 is 1.62 bits per heavy atom. The van der Waals surface area contributed by atoms with Crippen LogP contribution in [0.2, 0.25) is 0 Å². The van der Waals surface area contributed by atoms with Crippen LogP contribution in [-0.2, 0) is 0 Å². The molecule has 0 aromatic carbocycles. The SMILES string of the molecule is C[C@H](C1=C(Br)[C@@H](CO)C=C1)N(C)C. The second-order valence-corrected chi connectivity index (χ2v) is 4.45. The van der Waals surface area contributed by atoms with E-state index in [9.17, 15) is 0 Å². The molecule has 0 aromatic heterocycles. The van der Waals surface area contributed by atoms with E-state index in [0.717, 1.165) is 4.48 Å². The van der Waals surface area contributed by atoms with Gasteiger partial charge in [0.15, 0.2) is 0 Å². The van der Waals surface area contributed by atoms with Crippen molar-refractivity contribution < 1.29 is 5.11 Å². The molecule has 0 unspecified atom stereocenters. The molecule has 2 atom stereocenters. The van der Waals surface area contributed by atoms with Crippen molar-refractivity contribution in [2.45, 2.75) is 13.0 Å². The first-order valence-electron chi connectivity index (χ1n) is 4.43. The van der Waals surface area contributed by atoms with Crippen LogP contribution in [0.25, 0.3) is 0 Å². The number of aliphatic hydroxyl groups is 1. The molecule has 1 N–H and O–H groups in total. The van der Waals surface area contributed by atoms with Crippen molar-refractivity contribution in [3.8, 4) is 0 Å². The molecule has 1 aliphatic carbocycles. The molecule has 0 fully saturated rings. The summed E-state index contributed by atoms with van der Waals surface area (Å²) < 4.78 is 1.12. The van der Waals surface area contributed by atoms with Gasteiger partial charge in [0.2, 0.25) is 0 Å². The molecule has 3 heteroatoms. The lowest BCUT2D eigenvalue weighted by molar-refractivity contribution is 0.273. The van der Waals surface area contributed by atoms with E-state index in [2.05, 4.69) is 47.9 Å². The Kier molecular flexibility index (Phi) is 3.71. The monoisotopic (exact) mass is 245 g/mol. The lowest BCUT2D eigenvalue weighted by Crippen LogP contribution is -2.26. The van der Waals surface area contributed by atoms with Crippen molar-refractivity contribution in [3.05, 3.63) is 22.2 Å². The van der Waals surface area contributed by atoms with Crippen molar-refractivity contribution in [2.24, 2.45) is 5.92 Å². The van der Waals surface area contributed by atoms with E-state index in [4.69, 9.17) is 5.11 Å². The number of rotatable bonds is 3. The Hall–Kier alpha value is -0.120. The minimum atomic E-state index is 0.164. The largest absolute Gasteiger partial charge is 0.395 e. The maximum Gasteiger partial charge on any atom is 0.0539 e. The van der Waals surface area contributed by atoms with Crippen molar-refractivity contribution in [2.75, 3.05) is 20.7 Å². The van der Waals surface area contributed by atoms with Crippen LogP contribution in [0.5, 0.6) is 0 Å². The fourth-order valence-corrected chi connectivity index (χ4v) is 2.12. The van der Waals surface area contributed by atoms with Crippen molar-refractivity contribution in [3.63, 3.8) is 0 Å². The summed E-state index contributed by atoms with van der Waals surface area (Å²) in [5.74, 6) is 0.164. The predicted molar refractivity (Wildman–Crippen MR) is 58.8 cm³/mol. The molecular weight excluding hydrogens is 230 g/mol. The number of hydrogen-bond donors (Lipinski definition) is 1. The van der Waals surface area contributed by atoms with E-state index in [1.165, 1.54) is 5.57 Å². The van der Waals surface area contributed by atoms with Gasteiger partial charge < -0.3 is 10.0 Å². The number of hydrogen-bond acceptors (Lipinski definition) is 2. The Labute approximate surface area is 88.1 Å². The number of nitrogens with zero attached hydrogens (tertiary/aromatic N) is 1. The third-order valence-electron chi connectivity index (χ3n) is 2.53. The van der Waals surface area contributed by atoms with Gasteiger partial charge >= 0.3 is 0 Å². The summed E-state index contributed by atoms with van der Waals surface area (Å²) in [6.07, 6.45) is 4.13. The highest BCUT2D eigenvalue weighted by molar-refractivity contribution is 9.11. The van der Waals surface area contributed by atoms with Gasteiger partial charge in [0, 0.05) is 16.4 Å². The van der Waals surface area contributed by atoms with Crippen molar-refractivity contribution in [1.29, 1.82) is 0 Å². The standard InChI is InChI=1S/C10H16BrNO/c1-7(12(2)3)9-5-4-8(6-13)10(9)11/h4-5,7-8,13H,6H2,1-3H3/t7-,8-/m1/s1. The lowest BCUT2D eigenvalue weighted by Gasteiger charge is -2.21. The Bertz CT molecular complexity index is 245. The van der Waals surface area contributed by atoms with Gasteiger partial charge in [0.05, 0.1) is 6.61 Å². The van der Waals surface area contributed by atoms with Gasteiger partial charge in [0.1, 0.15) is 0 Å². The molecule has 13 heavy (non-hydrogen) atoms. The molecule has 1 aliphatic rings. The smallest absolute Gasteiger partial charge is 0.0539 e. The Balaban J connectivity index is 2.81. The van der Waals surface area contributed by atoms with Crippen LogP contribution in [0.1, 0.15) is 6.92 Å². The molecule has 0 bridgehead atoms. The lowest BCUT2D eigenvalue weighted by atomic mass is 10.1. The molecule has 2 nitrogen and oxygen atoms in total. The molecule has 74 valence electrons. The second-order valence-electron chi connectivity index (χ2n) is 3.59. The van der Waals surface area contributed by atoms with Gasteiger partial charge in [-0.25, -0.2) is 0 Å². The summed E-state index contributed by atoms with van der Waals surface area (Å²) in [5, 5.41) is 9.05. The van der Waals surface area contributed by atoms with E-state index in [0.29, 0.717) is 6.04 Å². The summed E-state index contributed by atoms with van der Waals surface area (Å²) >= 11 is 3.53. The highest BCUT2D eigenvalue weighted by atomic mass is 79.9. The molecule has 0 radical (unpaired) electrons. The number of likely N-dealkylation sites (N-methyl/N-ethyl adjacent to an activating group) is 1. The molecule has 0 aromatic rings. The fraction of sp³-hybridized carbons (Fsp3) is 0.600. The zero-order valence-corrected chi connectivity index (χ0v) is 9.87. The summed E-state index contributed by atoms with van der Waals surface area (Å²) in [5.41, 5.74) is 1.27. The summed E-state index contributed by atoms with van der Waals surface area (Å²) in [7, 11) is 4.11. The van der Waals surface area contributed by atoms with Crippen LogP contribution in [0.4, 0.5) is 0 Å². The molecule has 0 spiro atoms. The first-order chi connectivity index (χ1) is 6.07.